The molecule has 0 saturated heterocycles. The van der Waals surface area contributed by atoms with Crippen LogP contribution in [0.3, 0.4) is 0 Å². The summed E-state index contributed by atoms with van der Waals surface area (Å²) in [5, 5.41) is 0. The molecule has 0 bridgehead atoms. The van der Waals surface area contributed by atoms with Gasteiger partial charge >= 0.3 is 5.97 Å². The second-order valence-electron chi connectivity index (χ2n) is 4.85. The van der Waals surface area contributed by atoms with Gasteiger partial charge in [-0.05, 0) is 26.3 Å². The number of hydrogen-bond donors (Lipinski definition) is 0. The molecule has 0 aliphatic heterocycles. The van der Waals surface area contributed by atoms with E-state index >= 15 is 0 Å². The van der Waals surface area contributed by atoms with E-state index in [1.165, 1.54) is 25.7 Å². The Hall–Kier alpha value is -0.900. The Balaban J connectivity index is 2.26. The predicted molar refractivity (Wildman–Crippen MR) is 70.4 cm³/mol. The SMILES string of the molecule is CCOC(=O)CCC(=O)CN(CC)C1CCCC1. The van der Waals surface area contributed by atoms with Gasteiger partial charge in [0.25, 0.3) is 0 Å². The molecule has 1 rings (SSSR count). The maximum Gasteiger partial charge on any atom is 0.306 e. The second kappa shape index (κ2) is 8.25. The quantitative estimate of drug-likeness (QED) is 0.624. The normalized spacial score (nSPS) is 16.2. The molecule has 0 aromatic heterocycles. The maximum absolute atomic E-state index is 11.8. The summed E-state index contributed by atoms with van der Waals surface area (Å²) < 4.78 is 4.82. The van der Waals surface area contributed by atoms with Crippen molar-refractivity contribution in [2.45, 2.75) is 58.4 Å². The zero-order valence-electron chi connectivity index (χ0n) is 11.6. The number of carbonyl (C=O) groups excluding carboxylic acids is 2. The van der Waals surface area contributed by atoms with E-state index in [1.54, 1.807) is 6.92 Å². The van der Waals surface area contributed by atoms with E-state index in [4.69, 9.17) is 4.74 Å². The van der Waals surface area contributed by atoms with Crippen LogP contribution in [0.5, 0.6) is 0 Å². The molecule has 104 valence electrons. The number of nitrogens with zero attached hydrogens (tertiary/aromatic N) is 1. The Bertz CT molecular complexity index is 272. The van der Waals surface area contributed by atoms with Gasteiger partial charge in [-0.3, -0.25) is 14.5 Å². The van der Waals surface area contributed by atoms with Crippen LogP contribution in [-0.2, 0) is 14.3 Å². The molecule has 18 heavy (non-hydrogen) atoms. The molecule has 0 N–H and O–H groups in total. The monoisotopic (exact) mass is 255 g/mol. The van der Waals surface area contributed by atoms with E-state index < -0.39 is 0 Å². The molecule has 1 saturated carbocycles. The summed E-state index contributed by atoms with van der Waals surface area (Å²) in [5.74, 6) is -0.119. The molecule has 4 nitrogen and oxygen atoms in total. The van der Waals surface area contributed by atoms with Crippen LogP contribution in [0.2, 0.25) is 0 Å². The maximum atomic E-state index is 11.8. The number of ketones is 1. The number of ether oxygens (including phenoxy) is 1. The van der Waals surface area contributed by atoms with Crippen molar-refractivity contribution in [3.63, 3.8) is 0 Å². The lowest BCUT2D eigenvalue weighted by molar-refractivity contribution is -0.144. The van der Waals surface area contributed by atoms with Gasteiger partial charge in [-0.25, -0.2) is 0 Å². The first-order valence-electron chi connectivity index (χ1n) is 7.08. The molecule has 0 radical (unpaired) electrons. The molecule has 1 aliphatic carbocycles. The fraction of sp³-hybridized carbons (Fsp3) is 0.857. The highest BCUT2D eigenvalue weighted by molar-refractivity contribution is 5.84. The molecule has 0 spiro atoms. The molecule has 0 heterocycles. The van der Waals surface area contributed by atoms with Gasteiger partial charge in [0.1, 0.15) is 5.78 Å². The van der Waals surface area contributed by atoms with Gasteiger partial charge in [0.2, 0.25) is 0 Å². The van der Waals surface area contributed by atoms with Crippen molar-refractivity contribution in [1.29, 1.82) is 0 Å². The van der Waals surface area contributed by atoms with Crippen molar-refractivity contribution < 1.29 is 14.3 Å². The minimum Gasteiger partial charge on any atom is -0.466 e. The van der Waals surface area contributed by atoms with Crippen molar-refractivity contribution in [2.24, 2.45) is 0 Å². The molecule has 0 atom stereocenters. The standard InChI is InChI=1S/C14H25NO3/c1-3-15(12-7-5-6-8-12)11-13(16)9-10-14(17)18-4-2/h12H,3-11H2,1-2H3. The molecule has 4 heteroatoms. The first-order valence-corrected chi connectivity index (χ1v) is 7.08. The van der Waals surface area contributed by atoms with Crippen LogP contribution in [0.25, 0.3) is 0 Å². The summed E-state index contributed by atoms with van der Waals surface area (Å²) in [5.41, 5.74) is 0. The molecular formula is C14H25NO3. The first kappa shape index (κ1) is 15.2. The summed E-state index contributed by atoms with van der Waals surface area (Å²) >= 11 is 0. The predicted octanol–water partition coefficient (Wildman–Crippen LogP) is 2.16. The average molecular weight is 255 g/mol. The smallest absolute Gasteiger partial charge is 0.306 e. The summed E-state index contributed by atoms with van der Waals surface area (Å²) in [7, 11) is 0. The number of esters is 1. The molecule has 0 aromatic rings. The third-order valence-corrected chi connectivity index (χ3v) is 3.54. The van der Waals surface area contributed by atoms with Crippen LogP contribution in [0.1, 0.15) is 52.4 Å². The van der Waals surface area contributed by atoms with E-state index in [1.807, 2.05) is 0 Å². The number of likely N-dealkylation sites (N-methyl/N-ethyl adjacent to an activating group) is 1. The third-order valence-electron chi connectivity index (χ3n) is 3.54. The Labute approximate surface area is 110 Å². The summed E-state index contributed by atoms with van der Waals surface area (Å²) in [6.45, 7) is 5.65. The Morgan fingerprint density at radius 1 is 1.17 bits per heavy atom. The van der Waals surface area contributed by atoms with Crippen LogP contribution in [0, 0.1) is 0 Å². The minimum atomic E-state index is -0.269. The summed E-state index contributed by atoms with van der Waals surface area (Å²) in [6.07, 6.45) is 5.49. The zero-order valence-corrected chi connectivity index (χ0v) is 11.6. The van der Waals surface area contributed by atoms with Crippen LogP contribution in [-0.4, -0.2) is 42.4 Å². The van der Waals surface area contributed by atoms with Crippen molar-refractivity contribution in [1.82, 2.24) is 4.90 Å². The van der Waals surface area contributed by atoms with Gasteiger partial charge in [0.05, 0.1) is 19.6 Å². The van der Waals surface area contributed by atoms with Crippen molar-refractivity contribution >= 4 is 11.8 Å². The van der Waals surface area contributed by atoms with Gasteiger partial charge in [0, 0.05) is 12.5 Å². The van der Waals surface area contributed by atoms with Crippen LogP contribution in [0.15, 0.2) is 0 Å². The van der Waals surface area contributed by atoms with Gasteiger partial charge in [-0.1, -0.05) is 19.8 Å². The molecular weight excluding hydrogens is 230 g/mol. The number of rotatable bonds is 8. The molecule has 0 unspecified atom stereocenters. The topological polar surface area (TPSA) is 46.6 Å². The van der Waals surface area contributed by atoms with E-state index in [2.05, 4.69) is 11.8 Å². The molecule has 1 fully saturated rings. The van der Waals surface area contributed by atoms with Gasteiger partial charge in [-0.2, -0.15) is 0 Å². The average Bonchev–Trinajstić information content (AvgIpc) is 2.87. The van der Waals surface area contributed by atoms with Crippen LogP contribution >= 0.6 is 0 Å². The fourth-order valence-corrected chi connectivity index (χ4v) is 2.55. The van der Waals surface area contributed by atoms with E-state index in [0.29, 0.717) is 25.6 Å². The third kappa shape index (κ3) is 5.17. The van der Waals surface area contributed by atoms with Gasteiger partial charge in [-0.15, -0.1) is 0 Å². The minimum absolute atomic E-state index is 0.150. The lowest BCUT2D eigenvalue weighted by atomic mass is 10.1. The Morgan fingerprint density at radius 3 is 2.39 bits per heavy atom. The molecule has 1 aliphatic rings. The van der Waals surface area contributed by atoms with E-state index in [0.717, 1.165) is 6.54 Å². The van der Waals surface area contributed by atoms with Crippen LogP contribution in [0.4, 0.5) is 0 Å². The Kier molecular flexibility index (Phi) is 6.94. The fourth-order valence-electron chi connectivity index (χ4n) is 2.55. The summed E-state index contributed by atoms with van der Waals surface area (Å²) in [4.78, 5) is 25.2. The number of Topliss-reactive ketones (excluding diaryl/α,β-unsaturated/α-hetero) is 1. The molecule has 0 amide bonds. The van der Waals surface area contributed by atoms with Gasteiger partial charge in [0.15, 0.2) is 0 Å². The Morgan fingerprint density at radius 2 is 1.83 bits per heavy atom. The first-order chi connectivity index (χ1) is 8.67. The van der Waals surface area contributed by atoms with Crippen molar-refractivity contribution in [3.05, 3.63) is 0 Å². The molecule has 0 aromatic carbocycles. The van der Waals surface area contributed by atoms with E-state index in [9.17, 15) is 9.59 Å². The van der Waals surface area contributed by atoms with Crippen molar-refractivity contribution in [2.75, 3.05) is 19.7 Å². The highest BCUT2D eigenvalue weighted by Gasteiger charge is 2.23. The highest BCUT2D eigenvalue weighted by atomic mass is 16.5. The van der Waals surface area contributed by atoms with Crippen LogP contribution < -0.4 is 0 Å². The number of carbonyl (C=O) groups is 2. The van der Waals surface area contributed by atoms with Crippen molar-refractivity contribution in [3.8, 4) is 0 Å². The summed E-state index contributed by atoms with van der Waals surface area (Å²) in [6, 6.07) is 0.571. The zero-order chi connectivity index (χ0) is 13.4. The lowest BCUT2D eigenvalue weighted by Crippen LogP contribution is -2.37. The van der Waals surface area contributed by atoms with Gasteiger partial charge < -0.3 is 4.74 Å². The number of hydrogen-bond acceptors (Lipinski definition) is 4. The second-order valence-corrected chi connectivity index (χ2v) is 4.85. The van der Waals surface area contributed by atoms with E-state index in [-0.39, 0.29) is 18.2 Å². The largest absolute Gasteiger partial charge is 0.466 e. The lowest BCUT2D eigenvalue weighted by Gasteiger charge is -2.26. The highest BCUT2D eigenvalue weighted by Crippen LogP contribution is 2.23.